The Hall–Kier alpha value is -3.93. The van der Waals surface area contributed by atoms with Gasteiger partial charge < -0.3 is 10.2 Å². The number of aromatic nitrogens is 3. The lowest BCUT2D eigenvalue weighted by Crippen LogP contribution is -2.00. The zero-order chi connectivity index (χ0) is 20.2. The van der Waals surface area contributed by atoms with Crippen LogP contribution >= 0.6 is 12.2 Å². The Labute approximate surface area is 171 Å². The predicted molar refractivity (Wildman–Crippen MR) is 114 cm³/mol. The maximum atomic E-state index is 10.3. The number of phenolic OH excluding ortho intramolecular Hbond substituents is 2. The van der Waals surface area contributed by atoms with Crippen LogP contribution in [0, 0.1) is 0 Å². The molecule has 0 saturated heterocycles. The highest BCUT2D eigenvalue weighted by molar-refractivity contribution is 7.78. The second-order valence-corrected chi connectivity index (χ2v) is 6.28. The first-order chi connectivity index (χ1) is 14.2. The molecule has 0 aliphatic carbocycles. The molecule has 140 valence electrons. The Morgan fingerprint density at radius 3 is 1.79 bits per heavy atom. The Balaban J connectivity index is 1.96. The van der Waals surface area contributed by atoms with Crippen LogP contribution < -0.4 is 0 Å². The summed E-state index contributed by atoms with van der Waals surface area (Å²) in [6.45, 7) is 0. The van der Waals surface area contributed by atoms with E-state index in [1.54, 1.807) is 60.7 Å². The molecule has 0 amide bonds. The van der Waals surface area contributed by atoms with Crippen molar-refractivity contribution in [2.24, 2.45) is 4.99 Å². The zero-order valence-corrected chi connectivity index (χ0v) is 15.8. The van der Waals surface area contributed by atoms with Gasteiger partial charge in [0.05, 0.1) is 22.0 Å². The van der Waals surface area contributed by atoms with E-state index in [0.29, 0.717) is 28.2 Å². The summed E-state index contributed by atoms with van der Waals surface area (Å²) in [5.41, 5.74) is 2.22. The van der Waals surface area contributed by atoms with Gasteiger partial charge in [0.25, 0.3) is 0 Å². The monoisotopic (exact) mass is 398 g/mol. The van der Waals surface area contributed by atoms with Crippen LogP contribution in [0.5, 0.6) is 11.5 Å². The van der Waals surface area contributed by atoms with Crippen molar-refractivity contribution in [3.63, 3.8) is 0 Å². The third-order valence-corrected chi connectivity index (χ3v) is 4.30. The van der Waals surface area contributed by atoms with Crippen molar-refractivity contribution in [1.82, 2.24) is 15.0 Å². The Morgan fingerprint density at radius 2 is 1.24 bits per heavy atom. The van der Waals surface area contributed by atoms with Crippen LogP contribution in [0.3, 0.4) is 0 Å². The van der Waals surface area contributed by atoms with Gasteiger partial charge in [-0.1, -0.05) is 36.4 Å². The van der Waals surface area contributed by atoms with Gasteiger partial charge in [0.2, 0.25) is 0 Å². The topological polar surface area (TPSA) is 91.5 Å². The van der Waals surface area contributed by atoms with E-state index in [0.717, 1.165) is 0 Å². The molecule has 0 unspecified atom stereocenters. The first-order valence-electron chi connectivity index (χ1n) is 8.67. The van der Waals surface area contributed by atoms with E-state index in [2.05, 4.69) is 37.3 Å². The first-order valence-corrected chi connectivity index (χ1v) is 9.07. The number of benzene rings is 3. The lowest BCUT2D eigenvalue weighted by atomic mass is 10.1. The van der Waals surface area contributed by atoms with E-state index in [-0.39, 0.29) is 23.1 Å². The van der Waals surface area contributed by atoms with Crippen LogP contribution in [0.1, 0.15) is 0 Å². The molecule has 7 heteroatoms. The van der Waals surface area contributed by atoms with Crippen molar-refractivity contribution in [1.29, 1.82) is 0 Å². The molecule has 0 fully saturated rings. The molecule has 6 nitrogen and oxygen atoms in total. The van der Waals surface area contributed by atoms with Gasteiger partial charge in [0.1, 0.15) is 11.5 Å². The van der Waals surface area contributed by atoms with Crippen LogP contribution in [-0.2, 0) is 0 Å². The van der Waals surface area contributed by atoms with Crippen molar-refractivity contribution < 1.29 is 10.2 Å². The molecule has 29 heavy (non-hydrogen) atoms. The summed E-state index contributed by atoms with van der Waals surface area (Å²) in [6.07, 6.45) is 0. The highest BCUT2D eigenvalue weighted by atomic mass is 32.1. The molecule has 0 spiro atoms. The van der Waals surface area contributed by atoms with Gasteiger partial charge in [0.15, 0.2) is 17.5 Å². The zero-order valence-electron chi connectivity index (χ0n) is 15.0. The number of thiocarbonyl (C=S) groups is 1. The normalized spacial score (nSPS) is 10.3. The summed E-state index contributed by atoms with van der Waals surface area (Å²) < 4.78 is 0. The molecule has 0 bridgehead atoms. The highest BCUT2D eigenvalue weighted by Crippen LogP contribution is 2.32. The van der Waals surface area contributed by atoms with Gasteiger partial charge >= 0.3 is 0 Å². The SMILES string of the molecule is Oc1ccccc1-c1nc(-c2cccc(N=C=S)c2)nc(-c2ccccc2O)n1. The first kappa shape index (κ1) is 18.4. The largest absolute Gasteiger partial charge is 0.507 e. The maximum Gasteiger partial charge on any atom is 0.167 e. The lowest BCUT2D eigenvalue weighted by molar-refractivity contribution is 0.477. The average molecular weight is 398 g/mol. The smallest absolute Gasteiger partial charge is 0.167 e. The van der Waals surface area contributed by atoms with E-state index >= 15 is 0 Å². The minimum absolute atomic E-state index is 0.0481. The summed E-state index contributed by atoms with van der Waals surface area (Å²) >= 11 is 4.68. The van der Waals surface area contributed by atoms with Crippen molar-refractivity contribution in [2.45, 2.75) is 0 Å². The van der Waals surface area contributed by atoms with Crippen LogP contribution in [-0.4, -0.2) is 30.3 Å². The van der Waals surface area contributed by atoms with Crippen molar-refractivity contribution >= 4 is 23.1 Å². The fraction of sp³-hybridized carbons (Fsp3) is 0. The second kappa shape index (κ2) is 7.98. The predicted octanol–water partition coefficient (Wildman–Crippen LogP) is 5.02. The van der Waals surface area contributed by atoms with Crippen molar-refractivity contribution in [2.75, 3.05) is 0 Å². The quantitative estimate of drug-likeness (QED) is 0.371. The number of hydrogen-bond acceptors (Lipinski definition) is 7. The Bertz CT molecular complexity index is 1190. The van der Waals surface area contributed by atoms with Crippen LogP contribution in [0.2, 0.25) is 0 Å². The lowest BCUT2D eigenvalue weighted by Gasteiger charge is -2.10. The van der Waals surface area contributed by atoms with Gasteiger partial charge in [0, 0.05) is 5.56 Å². The van der Waals surface area contributed by atoms with Crippen molar-refractivity contribution in [3.8, 4) is 45.7 Å². The van der Waals surface area contributed by atoms with E-state index in [1.807, 2.05) is 12.1 Å². The van der Waals surface area contributed by atoms with E-state index < -0.39 is 0 Å². The number of hydrogen-bond donors (Lipinski definition) is 2. The molecule has 1 aromatic heterocycles. The molecule has 0 saturated carbocycles. The minimum Gasteiger partial charge on any atom is -0.507 e. The van der Waals surface area contributed by atoms with Crippen molar-refractivity contribution in [3.05, 3.63) is 72.8 Å². The van der Waals surface area contributed by atoms with Crippen LogP contribution in [0.25, 0.3) is 34.2 Å². The van der Waals surface area contributed by atoms with E-state index in [4.69, 9.17) is 0 Å². The molecular formula is C22H14N4O2S. The molecule has 1 heterocycles. The fourth-order valence-electron chi connectivity index (χ4n) is 2.84. The second-order valence-electron chi connectivity index (χ2n) is 6.09. The van der Waals surface area contributed by atoms with E-state index in [1.165, 1.54) is 0 Å². The number of isothiocyanates is 1. The highest BCUT2D eigenvalue weighted by Gasteiger charge is 2.16. The summed E-state index contributed by atoms with van der Waals surface area (Å²) in [4.78, 5) is 17.6. The van der Waals surface area contributed by atoms with Gasteiger partial charge in [-0.3, -0.25) is 0 Å². The van der Waals surface area contributed by atoms with Crippen LogP contribution in [0.15, 0.2) is 77.8 Å². The summed E-state index contributed by atoms with van der Waals surface area (Å²) in [5.74, 6) is 1.04. The van der Waals surface area contributed by atoms with Gasteiger partial charge in [-0.15, -0.1) is 0 Å². The van der Waals surface area contributed by atoms with E-state index in [9.17, 15) is 10.2 Å². The minimum atomic E-state index is 0.0481. The number of aromatic hydroxyl groups is 2. The average Bonchev–Trinajstić information content (AvgIpc) is 2.74. The van der Waals surface area contributed by atoms with Gasteiger partial charge in [-0.2, -0.15) is 4.99 Å². The number of rotatable bonds is 4. The maximum absolute atomic E-state index is 10.3. The number of aliphatic imine (C=N–C) groups is 1. The number of nitrogens with zero attached hydrogens (tertiary/aromatic N) is 4. The molecule has 2 N–H and O–H groups in total. The number of phenols is 2. The molecule has 4 rings (SSSR count). The molecule has 3 aromatic carbocycles. The summed E-state index contributed by atoms with van der Waals surface area (Å²) in [5, 5.41) is 22.9. The van der Waals surface area contributed by atoms with Gasteiger partial charge in [-0.05, 0) is 48.6 Å². The standard InChI is InChI=1S/C22H14N4O2S/c27-18-10-3-1-8-16(18)21-24-20(14-6-5-7-15(12-14)23-13-29)25-22(26-21)17-9-2-4-11-19(17)28/h1-12,27-28H. The Morgan fingerprint density at radius 1 is 0.690 bits per heavy atom. The third kappa shape index (κ3) is 3.87. The molecule has 0 radical (unpaired) electrons. The molecule has 4 aromatic rings. The Kier molecular flexibility index (Phi) is 5.07. The summed E-state index contributed by atoms with van der Waals surface area (Å²) in [6, 6.07) is 20.8. The van der Waals surface area contributed by atoms with Gasteiger partial charge in [-0.25, -0.2) is 15.0 Å². The molecular weight excluding hydrogens is 384 g/mol. The fourth-order valence-corrected chi connectivity index (χ4v) is 2.94. The van der Waals surface area contributed by atoms with Crippen LogP contribution in [0.4, 0.5) is 5.69 Å². The third-order valence-electron chi connectivity index (χ3n) is 4.20. The molecule has 0 aliphatic rings. The summed E-state index contributed by atoms with van der Waals surface area (Å²) in [7, 11) is 0. The molecule has 0 aliphatic heterocycles. The number of para-hydroxylation sites is 2. The molecule has 0 atom stereocenters.